The van der Waals surface area contributed by atoms with Crippen molar-refractivity contribution >= 4 is 29.4 Å². The van der Waals surface area contributed by atoms with Crippen LogP contribution in [-0.2, 0) is 9.59 Å². The molecule has 0 aromatic carbocycles. The van der Waals surface area contributed by atoms with E-state index >= 15 is 0 Å². The van der Waals surface area contributed by atoms with Gasteiger partial charge in [-0.15, -0.1) is 0 Å². The first-order valence-corrected chi connectivity index (χ1v) is 5.24. The lowest BCUT2D eigenvalue weighted by Crippen LogP contribution is -2.39. The third-order valence-corrected chi connectivity index (χ3v) is 2.16. The highest BCUT2D eigenvalue weighted by Crippen LogP contribution is 2.12. The van der Waals surface area contributed by atoms with Gasteiger partial charge in [-0.1, -0.05) is 11.6 Å². The van der Waals surface area contributed by atoms with Gasteiger partial charge in [0.2, 0.25) is 5.91 Å². The second-order valence-corrected chi connectivity index (χ2v) is 3.62. The Morgan fingerprint density at radius 1 is 1.28 bits per heavy atom. The molecular formula is C10H10ClN3O4. The highest BCUT2D eigenvalue weighted by atomic mass is 35.5. The number of hydrogen-bond acceptors (Lipinski definition) is 4. The van der Waals surface area contributed by atoms with Crippen LogP contribution in [-0.4, -0.2) is 41.0 Å². The molecule has 0 aliphatic heterocycles. The van der Waals surface area contributed by atoms with Crippen molar-refractivity contribution in [2.45, 2.75) is 0 Å². The molecule has 0 spiro atoms. The summed E-state index contributed by atoms with van der Waals surface area (Å²) >= 11 is 5.74. The molecule has 7 nitrogen and oxygen atoms in total. The predicted octanol–water partition coefficient (Wildman–Crippen LogP) is -0.334. The van der Waals surface area contributed by atoms with Crippen molar-refractivity contribution in [3.63, 3.8) is 0 Å². The maximum Gasteiger partial charge on any atom is 0.322 e. The summed E-state index contributed by atoms with van der Waals surface area (Å²) in [6, 6.07) is 1.41. The molecule has 0 atom stereocenters. The van der Waals surface area contributed by atoms with E-state index in [-0.39, 0.29) is 17.1 Å². The Labute approximate surface area is 107 Å². The molecule has 1 rings (SSSR count). The van der Waals surface area contributed by atoms with Gasteiger partial charge in [0.25, 0.3) is 5.91 Å². The zero-order valence-corrected chi connectivity index (χ0v) is 9.90. The number of nitrogens with zero attached hydrogens (tertiary/aromatic N) is 1. The number of carbonyl (C=O) groups excluding carboxylic acids is 2. The maximum absolute atomic E-state index is 11.6. The monoisotopic (exact) mass is 271 g/mol. The minimum atomic E-state index is -1.16. The van der Waals surface area contributed by atoms with Crippen LogP contribution in [0.25, 0.3) is 0 Å². The lowest BCUT2D eigenvalue weighted by atomic mass is 10.2. The Morgan fingerprint density at radius 3 is 2.61 bits per heavy atom. The van der Waals surface area contributed by atoms with Crippen LogP contribution in [0.4, 0.5) is 0 Å². The molecule has 0 unspecified atom stereocenters. The van der Waals surface area contributed by atoms with Crippen molar-refractivity contribution < 1.29 is 19.5 Å². The van der Waals surface area contributed by atoms with E-state index in [4.69, 9.17) is 16.7 Å². The number of carboxylic acids is 1. The molecule has 0 radical (unpaired) electrons. The van der Waals surface area contributed by atoms with E-state index in [1.807, 2.05) is 0 Å². The number of carbonyl (C=O) groups is 3. The van der Waals surface area contributed by atoms with Gasteiger partial charge >= 0.3 is 5.97 Å². The van der Waals surface area contributed by atoms with E-state index in [0.29, 0.717) is 0 Å². The van der Waals surface area contributed by atoms with Gasteiger partial charge in [-0.3, -0.25) is 19.4 Å². The average molecular weight is 272 g/mol. The largest absolute Gasteiger partial charge is 0.480 e. The maximum atomic E-state index is 11.6. The van der Waals surface area contributed by atoms with Crippen molar-refractivity contribution in [2.75, 3.05) is 13.1 Å². The van der Waals surface area contributed by atoms with Gasteiger partial charge in [-0.25, -0.2) is 0 Å². The van der Waals surface area contributed by atoms with Crippen LogP contribution < -0.4 is 10.6 Å². The molecular weight excluding hydrogens is 262 g/mol. The van der Waals surface area contributed by atoms with Gasteiger partial charge in [0.15, 0.2) is 0 Å². The van der Waals surface area contributed by atoms with Gasteiger partial charge in [-0.2, -0.15) is 0 Å². The van der Waals surface area contributed by atoms with Crippen LogP contribution in [0, 0.1) is 0 Å². The number of nitrogens with one attached hydrogen (secondary N) is 2. The summed E-state index contributed by atoms with van der Waals surface area (Å²) in [7, 11) is 0. The van der Waals surface area contributed by atoms with Crippen molar-refractivity contribution in [1.29, 1.82) is 0 Å². The first-order chi connectivity index (χ1) is 8.50. The number of pyridine rings is 1. The molecule has 3 N–H and O–H groups in total. The summed E-state index contributed by atoms with van der Waals surface area (Å²) in [4.78, 5) is 36.6. The van der Waals surface area contributed by atoms with Crippen LogP contribution >= 0.6 is 11.6 Å². The van der Waals surface area contributed by atoms with Crippen LogP contribution in [0.15, 0.2) is 18.5 Å². The van der Waals surface area contributed by atoms with Crippen LogP contribution in [0.1, 0.15) is 10.4 Å². The summed E-state index contributed by atoms with van der Waals surface area (Å²) in [6.45, 7) is -0.824. The lowest BCUT2D eigenvalue weighted by molar-refractivity contribution is -0.137. The highest BCUT2D eigenvalue weighted by molar-refractivity contribution is 6.33. The third kappa shape index (κ3) is 4.38. The summed E-state index contributed by atoms with van der Waals surface area (Å²) in [5.74, 6) is -2.30. The fraction of sp³-hybridized carbons (Fsp3) is 0.200. The van der Waals surface area contributed by atoms with Crippen LogP contribution in [0.5, 0.6) is 0 Å². The summed E-state index contributed by atoms with van der Waals surface area (Å²) in [6.07, 6.45) is 2.70. The number of aromatic nitrogens is 1. The standard InChI is InChI=1S/C10H10ClN3O4/c11-7-3-12-2-1-6(7)10(18)14-4-8(15)13-5-9(16)17/h1-3H,4-5H2,(H,13,15)(H,14,18)(H,16,17). The predicted molar refractivity (Wildman–Crippen MR) is 62.2 cm³/mol. The SMILES string of the molecule is O=C(O)CNC(=O)CNC(=O)c1ccncc1Cl. The fourth-order valence-electron chi connectivity index (χ4n) is 1.05. The molecule has 18 heavy (non-hydrogen) atoms. The van der Waals surface area contributed by atoms with Crippen LogP contribution in [0.3, 0.4) is 0 Å². The topological polar surface area (TPSA) is 108 Å². The third-order valence-electron chi connectivity index (χ3n) is 1.86. The van der Waals surface area contributed by atoms with Crippen LogP contribution in [0.2, 0.25) is 5.02 Å². The zero-order chi connectivity index (χ0) is 13.5. The quantitative estimate of drug-likeness (QED) is 0.679. The molecule has 0 aliphatic carbocycles. The molecule has 0 bridgehead atoms. The number of rotatable bonds is 5. The Bertz CT molecular complexity index is 478. The first kappa shape index (κ1) is 13.9. The molecule has 8 heteroatoms. The van der Waals surface area contributed by atoms with E-state index in [9.17, 15) is 14.4 Å². The zero-order valence-electron chi connectivity index (χ0n) is 9.14. The Kier molecular flexibility index (Phi) is 5.06. The summed E-state index contributed by atoms with van der Waals surface area (Å²) in [5.41, 5.74) is 0.192. The molecule has 0 saturated heterocycles. The molecule has 96 valence electrons. The van der Waals surface area contributed by atoms with E-state index < -0.39 is 24.3 Å². The van der Waals surface area contributed by atoms with Crippen molar-refractivity contribution in [1.82, 2.24) is 15.6 Å². The van der Waals surface area contributed by atoms with Crippen molar-refractivity contribution in [2.24, 2.45) is 0 Å². The molecule has 1 aromatic heterocycles. The fourth-order valence-corrected chi connectivity index (χ4v) is 1.26. The van der Waals surface area contributed by atoms with Crippen molar-refractivity contribution in [3.8, 4) is 0 Å². The number of carboxylic acid groups (broad SMARTS) is 1. The second kappa shape index (κ2) is 6.55. The van der Waals surface area contributed by atoms with E-state index in [2.05, 4.69) is 15.6 Å². The number of hydrogen-bond donors (Lipinski definition) is 3. The van der Waals surface area contributed by atoms with Crippen molar-refractivity contribution in [3.05, 3.63) is 29.0 Å². The number of amides is 2. The molecule has 0 fully saturated rings. The highest BCUT2D eigenvalue weighted by Gasteiger charge is 2.11. The first-order valence-electron chi connectivity index (χ1n) is 4.87. The Hall–Kier alpha value is -2.15. The van der Waals surface area contributed by atoms with Gasteiger partial charge in [-0.05, 0) is 6.07 Å². The van der Waals surface area contributed by atoms with E-state index in [1.54, 1.807) is 0 Å². The second-order valence-electron chi connectivity index (χ2n) is 3.21. The van der Waals surface area contributed by atoms with E-state index in [0.717, 1.165) is 0 Å². The summed E-state index contributed by atoms with van der Waals surface area (Å²) in [5, 5.41) is 12.9. The molecule has 0 saturated carbocycles. The number of aliphatic carboxylic acids is 1. The molecule has 1 aromatic rings. The van der Waals surface area contributed by atoms with Gasteiger partial charge in [0.05, 0.1) is 17.1 Å². The minimum absolute atomic E-state index is 0.168. The smallest absolute Gasteiger partial charge is 0.322 e. The summed E-state index contributed by atoms with van der Waals surface area (Å²) < 4.78 is 0. The van der Waals surface area contributed by atoms with Gasteiger partial charge < -0.3 is 15.7 Å². The van der Waals surface area contributed by atoms with E-state index in [1.165, 1.54) is 18.5 Å². The molecule has 1 heterocycles. The molecule has 2 amide bonds. The molecule has 0 aliphatic rings. The number of halogens is 1. The minimum Gasteiger partial charge on any atom is -0.480 e. The normalized spacial score (nSPS) is 9.61. The average Bonchev–Trinajstić information content (AvgIpc) is 2.34. The van der Waals surface area contributed by atoms with Gasteiger partial charge in [0, 0.05) is 12.4 Å². The Balaban J connectivity index is 2.45. The Morgan fingerprint density at radius 2 is 2.00 bits per heavy atom. The lowest BCUT2D eigenvalue weighted by Gasteiger charge is -2.06. The van der Waals surface area contributed by atoms with Gasteiger partial charge in [0.1, 0.15) is 6.54 Å².